The summed E-state index contributed by atoms with van der Waals surface area (Å²) < 4.78 is 16.1. The Morgan fingerprint density at radius 1 is 1.35 bits per heavy atom. The number of benzene rings is 1. The van der Waals surface area contributed by atoms with Gasteiger partial charge in [-0.1, -0.05) is 0 Å². The lowest BCUT2D eigenvalue weighted by molar-refractivity contribution is 0.0358. The molecule has 1 aliphatic rings. The third-order valence-corrected chi connectivity index (χ3v) is 3.84. The van der Waals surface area contributed by atoms with Crippen LogP contribution in [-0.2, 0) is 4.74 Å². The van der Waals surface area contributed by atoms with Crippen LogP contribution in [0.15, 0.2) is 23.0 Å². The zero-order chi connectivity index (χ0) is 16.1. The smallest absolute Gasteiger partial charge is 0.296 e. The summed E-state index contributed by atoms with van der Waals surface area (Å²) in [7, 11) is 1.47. The number of rotatable bonds is 6. The summed E-state index contributed by atoms with van der Waals surface area (Å²) in [4.78, 5) is 21.0. The van der Waals surface area contributed by atoms with Crippen molar-refractivity contribution in [3.8, 4) is 11.8 Å². The van der Waals surface area contributed by atoms with E-state index < -0.39 is 0 Å². The molecule has 0 bridgehead atoms. The number of aromatic amines is 1. The lowest BCUT2D eigenvalue weighted by Crippen LogP contribution is -2.37. The van der Waals surface area contributed by atoms with Crippen molar-refractivity contribution in [1.29, 1.82) is 0 Å². The number of aromatic nitrogens is 2. The Kier molecular flexibility index (Phi) is 5.09. The Labute approximate surface area is 134 Å². The van der Waals surface area contributed by atoms with E-state index in [-0.39, 0.29) is 11.6 Å². The van der Waals surface area contributed by atoms with Crippen molar-refractivity contribution < 1.29 is 14.2 Å². The summed E-state index contributed by atoms with van der Waals surface area (Å²) in [6, 6.07) is 5.48. The molecule has 7 nitrogen and oxygen atoms in total. The number of methoxy groups -OCH3 is 1. The first-order valence-electron chi connectivity index (χ1n) is 7.77. The summed E-state index contributed by atoms with van der Waals surface area (Å²) in [6.45, 7) is 5.23. The fourth-order valence-corrected chi connectivity index (χ4v) is 2.59. The molecule has 1 fully saturated rings. The topological polar surface area (TPSA) is 76.7 Å². The second-order valence-corrected chi connectivity index (χ2v) is 5.41. The predicted octanol–water partition coefficient (Wildman–Crippen LogP) is 1.03. The zero-order valence-electron chi connectivity index (χ0n) is 13.2. The van der Waals surface area contributed by atoms with Crippen LogP contribution in [0.3, 0.4) is 0 Å². The number of nitrogens with zero attached hydrogens (tertiary/aromatic N) is 2. The number of H-pyrrole nitrogens is 1. The van der Waals surface area contributed by atoms with Crippen molar-refractivity contribution in [2.45, 2.75) is 6.42 Å². The lowest BCUT2D eigenvalue weighted by Gasteiger charge is -2.26. The first kappa shape index (κ1) is 15.8. The number of nitrogens with one attached hydrogen (secondary N) is 1. The number of fused-ring (bicyclic) bond motifs is 1. The normalized spacial score (nSPS) is 15.7. The molecule has 0 saturated carbocycles. The lowest BCUT2D eigenvalue weighted by atomic mass is 10.2. The fraction of sp³-hybridized carbons (Fsp3) is 0.500. The van der Waals surface area contributed by atoms with Gasteiger partial charge in [0.1, 0.15) is 5.75 Å². The Morgan fingerprint density at radius 3 is 2.96 bits per heavy atom. The third-order valence-electron chi connectivity index (χ3n) is 3.84. The highest BCUT2D eigenvalue weighted by atomic mass is 16.5. The summed E-state index contributed by atoms with van der Waals surface area (Å²) in [5.41, 5.74) is 0.349. The van der Waals surface area contributed by atoms with Crippen LogP contribution in [0.5, 0.6) is 11.8 Å². The van der Waals surface area contributed by atoms with Gasteiger partial charge in [0.05, 0.1) is 37.8 Å². The van der Waals surface area contributed by atoms with E-state index in [9.17, 15) is 4.79 Å². The van der Waals surface area contributed by atoms with Crippen molar-refractivity contribution in [3.05, 3.63) is 28.6 Å². The van der Waals surface area contributed by atoms with Gasteiger partial charge in [-0.3, -0.25) is 14.7 Å². The van der Waals surface area contributed by atoms with Gasteiger partial charge in [0, 0.05) is 25.7 Å². The predicted molar refractivity (Wildman–Crippen MR) is 86.3 cm³/mol. The maximum atomic E-state index is 11.9. The van der Waals surface area contributed by atoms with Gasteiger partial charge in [-0.05, 0) is 18.6 Å². The molecule has 0 aliphatic carbocycles. The minimum Gasteiger partial charge on any atom is -0.493 e. The molecule has 3 rings (SSSR count). The van der Waals surface area contributed by atoms with E-state index in [1.807, 2.05) is 0 Å². The molecule has 1 aromatic heterocycles. The summed E-state index contributed by atoms with van der Waals surface area (Å²) >= 11 is 0. The van der Waals surface area contributed by atoms with Crippen LogP contribution in [0.2, 0.25) is 0 Å². The van der Waals surface area contributed by atoms with E-state index in [0.717, 1.165) is 39.3 Å². The van der Waals surface area contributed by atoms with E-state index in [1.165, 1.54) is 7.11 Å². The molecule has 1 aliphatic heterocycles. The largest absolute Gasteiger partial charge is 0.493 e. The Bertz CT molecular complexity index is 710. The average molecular weight is 319 g/mol. The molecule has 0 amide bonds. The van der Waals surface area contributed by atoms with E-state index in [4.69, 9.17) is 14.2 Å². The molecule has 124 valence electrons. The van der Waals surface area contributed by atoms with Gasteiger partial charge < -0.3 is 14.2 Å². The second kappa shape index (κ2) is 7.43. The van der Waals surface area contributed by atoms with Crippen LogP contribution in [0.4, 0.5) is 0 Å². The van der Waals surface area contributed by atoms with Gasteiger partial charge in [-0.25, -0.2) is 0 Å². The van der Waals surface area contributed by atoms with E-state index in [1.54, 1.807) is 18.2 Å². The first-order chi connectivity index (χ1) is 11.3. The Hall–Kier alpha value is -2.12. The molecule has 1 aromatic carbocycles. The average Bonchev–Trinajstić information content (AvgIpc) is 2.59. The molecule has 0 atom stereocenters. The van der Waals surface area contributed by atoms with Gasteiger partial charge >= 0.3 is 0 Å². The first-order valence-corrected chi connectivity index (χ1v) is 7.77. The van der Waals surface area contributed by atoms with Crippen LogP contribution in [0.1, 0.15) is 6.42 Å². The molecular weight excluding hydrogens is 298 g/mol. The van der Waals surface area contributed by atoms with Crippen molar-refractivity contribution in [2.24, 2.45) is 0 Å². The van der Waals surface area contributed by atoms with Crippen molar-refractivity contribution in [1.82, 2.24) is 14.9 Å². The quantitative estimate of drug-likeness (QED) is 0.802. The molecule has 1 N–H and O–H groups in total. The maximum Gasteiger partial charge on any atom is 0.296 e. The molecule has 1 saturated heterocycles. The summed E-state index contributed by atoms with van der Waals surface area (Å²) in [5, 5.41) is 0.520. The molecule has 23 heavy (non-hydrogen) atoms. The van der Waals surface area contributed by atoms with E-state index in [2.05, 4.69) is 14.9 Å². The van der Waals surface area contributed by atoms with Crippen LogP contribution in [-0.4, -0.2) is 61.4 Å². The molecular formula is C16H21N3O4. The van der Waals surface area contributed by atoms with Gasteiger partial charge in [0.25, 0.3) is 11.6 Å². The highest BCUT2D eigenvalue weighted by Gasteiger charge is 2.10. The fourth-order valence-electron chi connectivity index (χ4n) is 2.59. The Balaban J connectivity index is 1.58. The van der Waals surface area contributed by atoms with E-state index in [0.29, 0.717) is 23.3 Å². The molecule has 7 heteroatoms. The number of morpholine rings is 1. The van der Waals surface area contributed by atoms with Crippen LogP contribution in [0.25, 0.3) is 10.9 Å². The molecule has 0 unspecified atom stereocenters. The monoisotopic (exact) mass is 319 g/mol. The Morgan fingerprint density at radius 2 is 2.17 bits per heavy atom. The van der Waals surface area contributed by atoms with Crippen molar-refractivity contribution in [3.63, 3.8) is 0 Å². The zero-order valence-corrected chi connectivity index (χ0v) is 13.2. The highest BCUT2D eigenvalue weighted by molar-refractivity contribution is 5.79. The summed E-state index contributed by atoms with van der Waals surface area (Å²) in [5.74, 6) is 0.708. The number of ether oxygens (including phenoxy) is 3. The van der Waals surface area contributed by atoms with Crippen LogP contribution in [0, 0.1) is 0 Å². The van der Waals surface area contributed by atoms with Gasteiger partial charge in [0.2, 0.25) is 0 Å². The third kappa shape index (κ3) is 4.00. The van der Waals surface area contributed by atoms with Crippen LogP contribution >= 0.6 is 0 Å². The second-order valence-electron chi connectivity index (χ2n) is 5.41. The van der Waals surface area contributed by atoms with Gasteiger partial charge in [-0.2, -0.15) is 4.98 Å². The van der Waals surface area contributed by atoms with Crippen LogP contribution < -0.4 is 15.0 Å². The van der Waals surface area contributed by atoms with Gasteiger partial charge in [0.15, 0.2) is 0 Å². The minimum absolute atomic E-state index is 0.201. The molecule has 0 spiro atoms. The number of hydrogen-bond donors (Lipinski definition) is 1. The minimum atomic E-state index is -0.217. The highest BCUT2D eigenvalue weighted by Crippen LogP contribution is 2.18. The summed E-state index contributed by atoms with van der Waals surface area (Å²) in [6.07, 6.45) is 0.949. The maximum absolute atomic E-state index is 11.9. The van der Waals surface area contributed by atoms with E-state index >= 15 is 0 Å². The number of hydrogen-bond acceptors (Lipinski definition) is 6. The SMILES string of the molecule is COc1nc2cc(OCCCN3CCOCC3)ccc2c(=O)[nH]1. The molecule has 2 aromatic rings. The molecule has 0 radical (unpaired) electrons. The van der Waals surface area contributed by atoms with Crippen molar-refractivity contribution in [2.75, 3.05) is 46.6 Å². The molecule has 2 heterocycles. The van der Waals surface area contributed by atoms with Gasteiger partial charge in [-0.15, -0.1) is 0 Å². The van der Waals surface area contributed by atoms with Crippen molar-refractivity contribution >= 4 is 10.9 Å². The standard InChI is InChI=1S/C16H21N3O4/c1-21-16-17-14-11-12(3-4-13(14)15(20)18-16)23-8-2-5-19-6-9-22-10-7-19/h3-4,11H,2,5-10H2,1H3,(H,17,18,20).